The Morgan fingerprint density at radius 2 is 1.96 bits per heavy atom. The van der Waals surface area contributed by atoms with E-state index in [2.05, 4.69) is 15.3 Å². The van der Waals surface area contributed by atoms with Crippen LogP contribution in [0.3, 0.4) is 0 Å². The number of anilines is 2. The Bertz CT molecular complexity index is 823. The van der Waals surface area contributed by atoms with Gasteiger partial charge in [-0.05, 0) is 37.8 Å². The number of hydrogen-bond acceptors (Lipinski definition) is 8. The van der Waals surface area contributed by atoms with Crippen molar-refractivity contribution in [3.8, 4) is 17.4 Å². The predicted molar refractivity (Wildman–Crippen MR) is 92.0 cm³/mol. The number of aromatic nitrogens is 2. The Morgan fingerprint density at radius 3 is 2.77 bits per heavy atom. The lowest BCUT2D eigenvalue weighted by Gasteiger charge is -2.22. The van der Waals surface area contributed by atoms with Crippen LogP contribution in [0, 0.1) is 10.1 Å². The standard InChI is InChI=1S/C17H18N4O5/c22-21(23)15-16(20-11-6-7-13-14(8-11)25-10-24-13)18-9-19-17(15)26-12-4-2-1-3-5-12/h6-9,12H,1-5,10H2,(H,18,19,20). The second kappa shape index (κ2) is 7.03. The normalized spacial score (nSPS) is 16.3. The van der Waals surface area contributed by atoms with Crippen molar-refractivity contribution >= 4 is 17.2 Å². The maximum absolute atomic E-state index is 11.6. The van der Waals surface area contributed by atoms with Crippen LogP contribution in [0.15, 0.2) is 24.5 Å². The van der Waals surface area contributed by atoms with E-state index in [1.807, 2.05) is 0 Å². The molecule has 0 amide bonds. The van der Waals surface area contributed by atoms with Gasteiger partial charge in [0, 0.05) is 11.8 Å². The van der Waals surface area contributed by atoms with Crippen molar-refractivity contribution in [2.45, 2.75) is 38.2 Å². The number of nitro groups is 1. The summed E-state index contributed by atoms with van der Waals surface area (Å²) >= 11 is 0. The lowest BCUT2D eigenvalue weighted by atomic mass is 9.98. The minimum atomic E-state index is -0.520. The average molecular weight is 358 g/mol. The number of nitrogens with one attached hydrogen (secondary N) is 1. The van der Waals surface area contributed by atoms with Crippen LogP contribution in [0.5, 0.6) is 17.4 Å². The number of fused-ring (bicyclic) bond motifs is 1. The zero-order valence-corrected chi connectivity index (χ0v) is 14.0. The van der Waals surface area contributed by atoms with Crippen LogP contribution >= 0.6 is 0 Å². The molecular weight excluding hydrogens is 340 g/mol. The molecule has 1 aliphatic heterocycles. The Balaban J connectivity index is 1.60. The first-order chi connectivity index (χ1) is 12.7. The zero-order chi connectivity index (χ0) is 17.9. The quantitative estimate of drug-likeness (QED) is 0.638. The Morgan fingerprint density at radius 1 is 1.15 bits per heavy atom. The summed E-state index contributed by atoms with van der Waals surface area (Å²) in [6.45, 7) is 0.159. The highest BCUT2D eigenvalue weighted by atomic mass is 16.7. The van der Waals surface area contributed by atoms with E-state index in [9.17, 15) is 10.1 Å². The van der Waals surface area contributed by atoms with Gasteiger partial charge in [-0.15, -0.1) is 0 Å². The summed E-state index contributed by atoms with van der Waals surface area (Å²) in [6.07, 6.45) is 6.27. The zero-order valence-electron chi connectivity index (χ0n) is 14.0. The Labute approximate surface area is 149 Å². The van der Waals surface area contributed by atoms with Gasteiger partial charge in [-0.2, -0.15) is 4.98 Å². The van der Waals surface area contributed by atoms with Crippen LogP contribution in [0.25, 0.3) is 0 Å². The predicted octanol–water partition coefficient (Wildman–Crippen LogP) is 3.57. The molecule has 2 heterocycles. The van der Waals surface area contributed by atoms with E-state index in [4.69, 9.17) is 14.2 Å². The number of benzene rings is 1. The molecule has 1 saturated carbocycles. The molecule has 0 radical (unpaired) electrons. The molecule has 9 heteroatoms. The van der Waals surface area contributed by atoms with Crippen LogP contribution in [0.4, 0.5) is 17.2 Å². The third kappa shape index (κ3) is 3.32. The molecule has 0 saturated heterocycles. The summed E-state index contributed by atoms with van der Waals surface area (Å²) in [6, 6.07) is 5.17. The average Bonchev–Trinajstić information content (AvgIpc) is 3.10. The molecule has 4 rings (SSSR count). The van der Waals surface area contributed by atoms with Gasteiger partial charge in [0.1, 0.15) is 12.4 Å². The van der Waals surface area contributed by atoms with Crippen molar-refractivity contribution in [3.05, 3.63) is 34.6 Å². The van der Waals surface area contributed by atoms with Gasteiger partial charge in [-0.1, -0.05) is 6.42 Å². The van der Waals surface area contributed by atoms with E-state index < -0.39 is 4.92 Å². The van der Waals surface area contributed by atoms with Crippen LogP contribution in [0.2, 0.25) is 0 Å². The van der Waals surface area contributed by atoms with Gasteiger partial charge in [0.2, 0.25) is 12.6 Å². The largest absolute Gasteiger partial charge is 0.469 e. The molecule has 0 unspecified atom stereocenters. The number of nitrogens with zero attached hydrogens (tertiary/aromatic N) is 3. The van der Waals surface area contributed by atoms with Crippen LogP contribution < -0.4 is 19.5 Å². The third-order valence-corrected chi connectivity index (χ3v) is 4.44. The molecule has 0 spiro atoms. The second-order valence-electron chi connectivity index (χ2n) is 6.20. The highest BCUT2D eigenvalue weighted by Crippen LogP contribution is 2.38. The fourth-order valence-corrected chi connectivity index (χ4v) is 3.16. The van der Waals surface area contributed by atoms with Gasteiger partial charge in [0.05, 0.1) is 4.92 Å². The van der Waals surface area contributed by atoms with E-state index in [1.54, 1.807) is 18.2 Å². The van der Waals surface area contributed by atoms with Crippen molar-refractivity contribution in [1.29, 1.82) is 0 Å². The van der Waals surface area contributed by atoms with Crippen molar-refractivity contribution in [3.63, 3.8) is 0 Å². The van der Waals surface area contributed by atoms with E-state index >= 15 is 0 Å². The maximum atomic E-state index is 11.6. The molecule has 1 fully saturated rings. The molecule has 136 valence electrons. The Kier molecular flexibility index (Phi) is 4.42. The summed E-state index contributed by atoms with van der Waals surface area (Å²) in [5.74, 6) is 1.29. The summed E-state index contributed by atoms with van der Waals surface area (Å²) in [5.41, 5.74) is 0.329. The van der Waals surface area contributed by atoms with E-state index in [1.165, 1.54) is 12.7 Å². The van der Waals surface area contributed by atoms with E-state index in [0.717, 1.165) is 25.7 Å². The first-order valence-corrected chi connectivity index (χ1v) is 8.53. The fraction of sp³-hybridized carbons (Fsp3) is 0.412. The first-order valence-electron chi connectivity index (χ1n) is 8.53. The fourth-order valence-electron chi connectivity index (χ4n) is 3.16. The van der Waals surface area contributed by atoms with Gasteiger partial charge in [-0.3, -0.25) is 10.1 Å². The third-order valence-electron chi connectivity index (χ3n) is 4.44. The molecule has 0 atom stereocenters. The van der Waals surface area contributed by atoms with Crippen LogP contribution in [0.1, 0.15) is 32.1 Å². The monoisotopic (exact) mass is 358 g/mol. The van der Waals surface area contributed by atoms with Gasteiger partial charge < -0.3 is 19.5 Å². The molecule has 0 bridgehead atoms. The second-order valence-corrected chi connectivity index (χ2v) is 6.20. The van der Waals surface area contributed by atoms with E-state index in [-0.39, 0.29) is 30.3 Å². The summed E-state index contributed by atoms with van der Waals surface area (Å²) < 4.78 is 16.4. The van der Waals surface area contributed by atoms with Gasteiger partial charge in [0.15, 0.2) is 11.5 Å². The van der Waals surface area contributed by atoms with E-state index in [0.29, 0.717) is 17.2 Å². The van der Waals surface area contributed by atoms with Crippen molar-refractivity contribution < 1.29 is 19.1 Å². The maximum Gasteiger partial charge on any atom is 0.373 e. The van der Waals surface area contributed by atoms with Crippen LogP contribution in [-0.2, 0) is 0 Å². The summed E-state index contributed by atoms with van der Waals surface area (Å²) in [5, 5.41) is 14.6. The van der Waals surface area contributed by atoms with Crippen molar-refractivity contribution in [2.75, 3.05) is 12.1 Å². The van der Waals surface area contributed by atoms with Crippen LogP contribution in [-0.4, -0.2) is 27.8 Å². The minimum absolute atomic E-state index is 0.000133. The first kappa shape index (κ1) is 16.4. The molecule has 26 heavy (non-hydrogen) atoms. The Hall–Kier alpha value is -3.10. The number of hydrogen-bond donors (Lipinski definition) is 1. The number of rotatable bonds is 5. The van der Waals surface area contributed by atoms with Crippen molar-refractivity contribution in [2.24, 2.45) is 0 Å². The highest BCUT2D eigenvalue weighted by Gasteiger charge is 2.28. The topological polar surface area (TPSA) is 109 Å². The molecule has 1 aliphatic carbocycles. The van der Waals surface area contributed by atoms with Gasteiger partial charge in [-0.25, -0.2) is 4.98 Å². The molecule has 1 aromatic heterocycles. The lowest BCUT2D eigenvalue weighted by Crippen LogP contribution is -2.21. The molecule has 1 aromatic carbocycles. The number of ether oxygens (including phenoxy) is 3. The minimum Gasteiger partial charge on any atom is -0.469 e. The molecule has 2 aliphatic rings. The molecule has 9 nitrogen and oxygen atoms in total. The highest BCUT2D eigenvalue weighted by molar-refractivity contribution is 5.70. The molecule has 2 aromatic rings. The van der Waals surface area contributed by atoms with Crippen molar-refractivity contribution in [1.82, 2.24) is 9.97 Å². The van der Waals surface area contributed by atoms with Gasteiger partial charge >= 0.3 is 5.69 Å². The van der Waals surface area contributed by atoms with Gasteiger partial charge in [0.25, 0.3) is 5.88 Å². The SMILES string of the molecule is O=[N+]([O-])c1c(Nc2ccc3c(c2)OCO3)ncnc1OC1CCCCC1. The summed E-state index contributed by atoms with van der Waals surface area (Å²) in [4.78, 5) is 19.1. The smallest absolute Gasteiger partial charge is 0.373 e. The lowest BCUT2D eigenvalue weighted by molar-refractivity contribution is -0.385. The molecular formula is C17H18N4O5. The molecule has 1 N–H and O–H groups in total. The summed E-state index contributed by atoms with van der Waals surface area (Å²) in [7, 11) is 0.